The summed E-state index contributed by atoms with van der Waals surface area (Å²) in [5, 5.41) is 4.43. The third-order valence-electron chi connectivity index (χ3n) is 4.49. The van der Waals surface area contributed by atoms with Crippen LogP contribution >= 0.6 is 23.2 Å². The molecule has 0 saturated carbocycles. The third kappa shape index (κ3) is 2.54. The fraction of sp³-hybridized carbons (Fsp3) is 0.533. The van der Waals surface area contributed by atoms with Crippen LogP contribution in [0.3, 0.4) is 0 Å². The number of piperidine rings is 1. The minimum absolute atomic E-state index is 0.0769. The molecule has 0 spiro atoms. The number of carbonyl (C=O) groups is 1. The Hall–Kier alpha value is -0.770. The first-order valence-electron chi connectivity index (χ1n) is 7.03. The maximum atomic E-state index is 12.7. The van der Waals surface area contributed by atoms with E-state index < -0.39 is 0 Å². The maximum absolute atomic E-state index is 12.7. The second-order valence-corrected chi connectivity index (χ2v) is 6.59. The highest BCUT2D eigenvalue weighted by Crippen LogP contribution is 2.32. The molecule has 0 radical (unpaired) electrons. The molecule has 2 aliphatic heterocycles. The van der Waals surface area contributed by atoms with Crippen LogP contribution in [0.25, 0.3) is 0 Å². The Kier molecular flexibility index (Phi) is 3.93. The molecule has 20 heavy (non-hydrogen) atoms. The van der Waals surface area contributed by atoms with Crippen molar-refractivity contribution in [3.05, 3.63) is 33.8 Å². The Morgan fingerprint density at radius 2 is 1.75 bits per heavy atom. The van der Waals surface area contributed by atoms with E-state index in [-0.39, 0.29) is 11.9 Å². The number of benzene rings is 1. The summed E-state index contributed by atoms with van der Waals surface area (Å²) in [6.45, 7) is 0. The number of halogens is 2. The molecule has 2 aliphatic rings. The number of amides is 1. The Balaban J connectivity index is 1.80. The Labute approximate surface area is 129 Å². The molecular formula is C15H18Cl2N2O. The molecule has 2 atom stereocenters. The predicted octanol–water partition coefficient (Wildman–Crippen LogP) is 3.35. The van der Waals surface area contributed by atoms with Gasteiger partial charge in [-0.15, -0.1) is 0 Å². The van der Waals surface area contributed by atoms with E-state index in [4.69, 9.17) is 23.2 Å². The van der Waals surface area contributed by atoms with Crippen molar-refractivity contribution in [1.82, 2.24) is 10.2 Å². The van der Waals surface area contributed by atoms with Crippen LogP contribution in [-0.2, 0) is 0 Å². The van der Waals surface area contributed by atoms with E-state index in [0.29, 0.717) is 27.7 Å². The summed E-state index contributed by atoms with van der Waals surface area (Å²) in [5.74, 6) is -0.0769. The molecule has 3 nitrogen and oxygen atoms in total. The Morgan fingerprint density at radius 3 is 2.30 bits per heavy atom. The van der Waals surface area contributed by atoms with E-state index in [9.17, 15) is 4.79 Å². The van der Waals surface area contributed by atoms with E-state index in [0.717, 1.165) is 12.8 Å². The molecule has 2 fully saturated rings. The lowest BCUT2D eigenvalue weighted by atomic mass is 9.98. The molecule has 1 amide bonds. The molecule has 2 unspecified atom stereocenters. The summed E-state index contributed by atoms with van der Waals surface area (Å²) in [6, 6.07) is 6.55. The van der Waals surface area contributed by atoms with Crippen molar-refractivity contribution in [2.24, 2.45) is 0 Å². The number of hydrogen-bond acceptors (Lipinski definition) is 2. The van der Waals surface area contributed by atoms with Crippen molar-refractivity contribution in [2.75, 3.05) is 7.05 Å². The first-order valence-corrected chi connectivity index (χ1v) is 7.79. The van der Waals surface area contributed by atoms with Crippen molar-refractivity contribution in [3.63, 3.8) is 0 Å². The van der Waals surface area contributed by atoms with Crippen molar-refractivity contribution >= 4 is 29.1 Å². The SMILES string of the molecule is CN(C(=O)c1c(Cl)cccc1Cl)C1CC2CCC(C1)N2. The molecule has 2 heterocycles. The summed E-state index contributed by atoms with van der Waals surface area (Å²) < 4.78 is 0. The van der Waals surface area contributed by atoms with Gasteiger partial charge in [0, 0.05) is 25.2 Å². The van der Waals surface area contributed by atoms with Crippen molar-refractivity contribution in [3.8, 4) is 0 Å². The number of fused-ring (bicyclic) bond motifs is 2. The highest BCUT2D eigenvalue weighted by Gasteiger charge is 2.37. The van der Waals surface area contributed by atoms with Gasteiger partial charge in [-0.05, 0) is 37.8 Å². The lowest BCUT2D eigenvalue weighted by Crippen LogP contribution is -2.48. The van der Waals surface area contributed by atoms with E-state index in [2.05, 4.69) is 5.32 Å². The van der Waals surface area contributed by atoms with Gasteiger partial charge in [-0.2, -0.15) is 0 Å². The predicted molar refractivity (Wildman–Crippen MR) is 81.5 cm³/mol. The molecule has 3 rings (SSSR count). The van der Waals surface area contributed by atoms with Gasteiger partial charge >= 0.3 is 0 Å². The molecule has 1 N–H and O–H groups in total. The molecule has 108 valence electrons. The highest BCUT2D eigenvalue weighted by molar-refractivity contribution is 6.39. The minimum atomic E-state index is -0.0769. The van der Waals surface area contributed by atoms with Gasteiger partial charge in [-0.3, -0.25) is 4.79 Å². The largest absolute Gasteiger partial charge is 0.339 e. The highest BCUT2D eigenvalue weighted by atomic mass is 35.5. The molecule has 1 aromatic rings. The smallest absolute Gasteiger partial charge is 0.256 e. The average Bonchev–Trinajstić information content (AvgIpc) is 2.76. The van der Waals surface area contributed by atoms with Crippen LogP contribution in [0.4, 0.5) is 0 Å². The van der Waals surface area contributed by atoms with Crippen molar-refractivity contribution < 1.29 is 4.79 Å². The monoisotopic (exact) mass is 312 g/mol. The summed E-state index contributed by atoms with van der Waals surface area (Å²) in [4.78, 5) is 14.5. The van der Waals surface area contributed by atoms with Gasteiger partial charge in [0.1, 0.15) is 0 Å². The lowest BCUT2D eigenvalue weighted by Gasteiger charge is -2.35. The van der Waals surface area contributed by atoms with E-state index in [1.54, 1.807) is 18.2 Å². The van der Waals surface area contributed by atoms with Gasteiger partial charge in [0.15, 0.2) is 0 Å². The molecule has 0 aromatic heterocycles. The molecule has 0 aliphatic carbocycles. The van der Waals surface area contributed by atoms with E-state index in [1.807, 2.05) is 11.9 Å². The number of hydrogen-bond donors (Lipinski definition) is 1. The topological polar surface area (TPSA) is 32.3 Å². The van der Waals surface area contributed by atoms with Crippen LogP contribution in [-0.4, -0.2) is 36.0 Å². The van der Waals surface area contributed by atoms with E-state index in [1.165, 1.54) is 12.8 Å². The van der Waals surface area contributed by atoms with Gasteiger partial charge in [-0.1, -0.05) is 29.3 Å². The van der Waals surface area contributed by atoms with E-state index >= 15 is 0 Å². The zero-order valence-electron chi connectivity index (χ0n) is 11.4. The molecule has 5 heteroatoms. The summed E-state index contributed by atoms with van der Waals surface area (Å²) in [6.07, 6.45) is 4.47. The second kappa shape index (κ2) is 5.55. The fourth-order valence-electron chi connectivity index (χ4n) is 3.39. The fourth-order valence-corrected chi connectivity index (χ4v) is 3.95. The van der Waals surface area contributed by atoms with Crippen LogP contribution in [0, 0.1) is 0 Å². The van der Waals surface area contributed by atoms with Crippen molar-refractivity contribution in [1.29, 1.82) is 0 Å². The summed E-state index contributed by atoms with van der Waals surface area (Å²) in [5.41, 5.74) is 0.421. The summed E-state index contributed by atoms with van der Waals surface area (Å²) >= 11 is 12.3. The van der Waals surface area contributed by atoms with Crippen LogP contribution in [0.5, 0.6) is 0 Å². The van der Waals surface area contributed by atoms with Crippen LogP contribution in [0.1, 0.15) is 36.0 Å². The van der Waals surface area contributed by atoms with Gasteiger partial charge in [-0.25, -0.2) is 0 Å². The van der Waals surface area contributed by atoms with Gasteiger partial charge in [0.25, 0.3) is 5.91 Å². The number of nitrogens with zero attached hydrogens (tertiary/aromatic N) is 1. The van der Waals surface area contributed by atoms with Crippen LogP contribution in [0.15, 0.2) is 18.2 Å². The Bertz CT molecular complexity index is 502. The first kappa shape index (κ1) is 14.2. The summed E-state index contributed by atoms with van der Waals surface area (Å²) in [7, 11) is 1.86. The minimum Gasteiger partial charge on any atom is -0.339 e. The van der Waals surface area contributed by atoms with Gasteiger partial charge in [0.2, 0.25) is 0 Å². The average molecular weight is 313 g/mol. The van der Waals surface area contributed by atoms with Crippen LogP contribution < -0.4 is 5.32 Å². The third-order valence-corrected chi connectivity index (χ3v) is 5.12. The molecule has 1 aromatic carbocycles. The maximum Gasteiger partial charge on any atom is 0.256 e. The number of rotatable bonds is 2. The van der Waals surface area contributed by atoms with Crippen LogP contribution in [0.2, 0.25) is 10.0 Å². The second-order valence-electron chi connectivity index (χ2n) is 5.78. The molecule has 2 bridgehead atoms. The van der Waals surface area contributed by atoms with Crippen molar-refractivity contribution in [2.45, 2.75) is 43.8 Å². The van der Waals surface area contributed by atoms with Gasteiger partial charge < -0.3 is 10.2 Å². The lowest BCUT2D eigenvalue weighted by molar-refractivity contribution is 0.0682. The quantitative estimate of drug-likeness (QED) is 0.908. The Morgan fingerprint density at radius 1 is 1.20 bits per heavy atom. The molecular weight excluding hydrogens is 295 g/mol. The molecule has 2 saturated heterocycles. The zero-order valence-corrected chi connectivity index (χ0v) is 12.9. The zero-order chi connectivity index (χ0) is 14.3. The number of carbonyl (C=O) groups excluding carboxylic acids is 1. The standard InChI is InChI=1S/C15H18Cl2N2O/c1-19(11-7-9-5-6-10(8-11)18-9)15(20)14-12(16)3-2-4-13(14)17/h2-4,9-11,18H,5-8H2,1H3. The normalized spacial score (nSPS) is 28.4. The number of nitrogens with one attached hydrogen (secondary N) is 1. The first-order chi connectivity index (χ1) is 9.56. The van der Waals surface area contributed by atoms with Gasteiger partial charge in [0.05, 0.1) is 15.6 Å².